The first-order chi connectivity index (χ1) is 10.4. The van der Waals surface area contributed by atoms with Gasteiger partial charge in [-0.15, -0.1) is 0 Å². The van der Waals surface area contributed by atoms with E-state index in [4.69, 9.17) is 4.74 Å². The molecule has 1 atom stereocenters. The third-order valence-electron chi connectivity index (χ3n) is 3.91. The predicted octanol–water partition coefficient (Wildman–Crippen LogP) is 4.11. The lowest BCUT2D eigenvalue weighted by Crippen LogP contribution is -2.27. The molecule has 0 spiro atoms. The lowest BCUT2D eigenvalue weighted by molar-refractivity contribution is 0.0939. The summed E-state index contributed by atoms with van der Waals surface area (Å²) in [6.45, 7) is 8.07. The van der Waals surface area contributed by atoms with Gasteiger partial charge in [-0.2, -0.15) is 0 Å². The number of carbonyl (C=O) groups excluding carboxylic acids is 1. The van der Waals surface area contributed by atoms with E-state index in [1.165, 1.54) is 11.1 Å². The highest BCUT2D eigenvalue weighted by Gasteiger charge is 2.14. The molecule has 0 bridgehead atoms. The molecule has 116 valence electrons. The largest absolute Gasteiger partial charge is 0.496 e. The Morgan fingerprint density at radius 3 is 2.41 bits per heavy atom. The summed E-state index contributed by atoms with van der Waals surface area (Å²) in [5, 5.41) is 3.07. The highest BCUT2D eigenvalue weighted by molar-refractivity contribution is 5.94. The number of hydrogen-bond acceptors (Lipinski definition) is 2. The van der Waals surface area contributed by atoms with Gasteiger partial charge in [0, 0.05) is 5.56 Å². The zero-order chi connectivity index (χ0) is 16.3. The van der Waals surface area contributed by atoms with Crippen molar-refractivity contribution in [2.24, 2.45) is 0 Å². The van der Waals surface area contributed by atoms with Crippen LogP contribution in [0.5, 0.6) is 5.75 Å². The van der Waals surface area contributed by atoms with Crippen LogP contribution in [0.3, 0.4) is 0 Å². The summed E-state index contributed by atoms with van der Waals surface area (Å²) >= 11 is 0. The van der Waals surface area contributed by atoms with E-state index in [0.29, 0.717) is 5.56 Å². The van der Waals surface area contributed by atoms with Crippen LogP contribution in [-0.4, -0.2) is 13.0 Å². The summed E-state index contributed by atoms with van der Waals surface area (Å²) in [5.74, 6) is 0.721. The SMILES string of the molecule is COc1ccc(C(=O)NC(C)c2cc(C)ccc2C)cc1C. The smallest absolute Gasteiger partial charge is 0.251 e. The normalized spacial score (nSPS) is 11.9. The van der Waals surface area contributed by atoms with E-state index in [1.807, 2.05) is 26.0 Å². The Kier molecular flexibility index (Phi) is 4.86. The number of aryl methyl sites for hydroxylation is 3. The van der Waals surface area contributed by atoms with Crippen molar-refractivity contribution in [3.05, 3.63) is 64.2 Å². The molecular weight excluding hydrogens is 274 g/mol. The monoisotopic (exact) mass is 297 g/mol. The van der Waals surface area contributed by atoms with Gasteiger partial charge in [0.2, 0.25) is 0 Å². The Bertz CT molecular complexity index is 692. The number of benzene rings is 2. The second-order valence-electron chi connectivity index (χ2n) is 5.74. The van der Waals surface area contributed by atoms with E-state index in [2.05, 4.69) is 37.4 Å². The molecule has 1 amide bonds. The Hall–Kier alpha value is -2.29. The molecule has 0 radical (unpaired) electrons. The third kappa shape index (κ3) is 3.48. The van der Waals surface area contributed by atoms with Gasteiger partial charge in [-0.25, -0.2) is 0 Å². The minimum atomic E-state index is -0.0702. The fourth-order valence-corrected chi connectivity index (χ4v) is 2.60. The molecule has 2 aromatic carbocycles. The van der Waals surface area contributed by atoms with Crippen LogP contribution >= 0.6 is 0 Å². The first-order valence-electron chi connectivity index (χ1n) is 7.45. The molecule has 0 saturated carbocycles. The van der Waals surface area contributed by atoms with Crippen molar-refractivity contribution in [1.29, 1.82) is 0 Å². The average Bonchev–Trinajstić information content (AvgIpc) is 2.49. The molecule has 0 aliphatic carbocycles. The van der Waals surface area contributed by atoms with Gasteiger partial charge < -0.3 is 10.1 Å². The van der Waals surface area contributed by atoms with Crippen molar-refractivity contribution < 1.29 is 9.53 Å². The molecule has 22 heavy (non-hydrogen) atoms. The molecule has 1 unspecified atom stereocenters. The Balaban J connectivity index is 2.17. The minimum Gasteiger partial charge on any atom is -0.496 e. The molecule has 0 heterocycles. The standard InChI is InChI=1S/C19H23NO2/c1-12-6-7-13(2)17(10-12)15(4)20-19(21)16-8-9-18(22-5)14(3)11-16/h6-11,15H,1-5H3,(H,20,21). The zero-order valence-corrected chi connectivity index (χ0v) is 13.9. The van der Waals surface area contributed by atoms with Crippen molar-refractivity contribution in [3.63, 3.8) is 0 Å². The Morgan fingerprint density at radius 1 is 1.05 bits per heavy atom. The number of ether oxygens (including phenoxy) is 1. The zero-order valence-electron chi connectivity index (χ0n) is 13.9. The second kappa shape index (κ2) is 6.65. The predicted molar refractivity (Wildman–Crippen MR) is 89.5 cm³/mol. The van der Waals surface area contributed by atoms with Gasteiger partial charge >= 0.3 is 0 Å². The van der Waals surface area contributed by atoms with E-state index < -0.39 is 0 Å². The maximum Gasteiger partial charge on any atom is 0.251 e. The fraction of sp³-hybridized carbons (Fsp3) is 0.316. The Labute approximate surface area is 132 Å². The van der Waals surface area contributed by atoms with Gasteiger partial charge in [0.25, 0.3) is 5.91 Å². The summed E-state index contributed by atoms with van der Waals surface area (Å²) < 4.78 is 5.23. The van der Waals surface area contributed by atoms with Crippen LogP contribution in [0.2, 0.25) is 0 Å². The number of nitrogens with one attached hydrogen (secondary N) is 1. The number of hydrogen-bond donors (Lipinski definition) is 1. The molecule has 0 fully saturated rings. The van der Waals surface area contributed by atoms with Crippen molar-refractivity contribution >= 4 is 5.91 Å². The quantitative estimate of drug-likeness (QED) is 0.922. The van der Waals surface area contributed by atoms with Crippen molar-refractivity contribution in [2.45, 2.75) is 33.7 Å². The molecule has 0 aliphatic rings. The van der Waals surface area contributed by atoms with Crippen LogP contribution < -0.4 is 10.1 Å². The summed E-state index contributed by atoms with van der Waals surface area (Å²) in [6.07, 6.45) is 0. The molecule has 2 rings (SSSR count). The van der Waals surface area contributed by atoms with E-state index in [-0.39, 0.29) is 11.9 Å². The van der Waals surface area contributed by atoms with Gasteiger partial charge in [-0.1, -0.05) is 23.8 Å². The maximum absolute atomic E-state index is 12.4. The van der Waals surface area contributed by atoms with E-state index >= 15 is 0 Å². The first kappa shape index (κ1) is 16.1. The van der Waals surface area contributed by atoms with E-state index in [9.17, 15) is 4.79 Å². The van der Waals surface area contributed by atoms with E-state index in [0.717, 1.165) is 16.9 Å². The minimum absolute atomic E-state index is 0.0326. The lowest BCUT2D eigenvalue weighted by Gasteiger charge is -2.18. The van der Waals surface area contributed by atoms with Crippen LogP contribution in [-0.2, 0) is 0 Å². The number of rotatable bonds is 4. The fourth-order valence-electron chi connectivity index (χ4n) is 2.60. The van der Waals surface area contributed by atoms with Crippen LogP contribution in [0.25, 0.3) is 0 Å². The van der Waals surface area contributed by atoms with Gasteiger partial charge in [-0.05, 0) is 62.6 Å². The Morgan fingerprint density at radius 2 is 1.77 bits per heavy atom. The van der Waals surface area contributed by atoms with Crippen molar-refractivity contribution in [3.8, 4) is 5.75 Å². The molecule has 3 nitrogen and oxygen atoms in total. The summed E-state index contributed by atoms with van der Waals surface area (Å²) in [5.41, 5.74) is 5.13. The number of amides is 1. The van der Waals surface area contributed by atoms with Crippen LogP contribution in [0.4, 0.5) is 0 Å². The second-order valence-corrected chi connectivity index (χ2v) is 5.74. The first-order valence-corrected chi connectivity index (χ1v) is 7.45. The van der Waals surface area contributed by atoms with Gasteiger partial charge in [-0.3, -0.25) is 4.79 Å². The molecular formula is C19H23NO2. The van der Waals surface area contributed by atoms with Crippen molar-refractivity contribution in [1.82, 2.24) is 5.32 Å². The summed E-state index contributed by atoms with van der Waals surface area (Å²) in [7, 11) is 1.63. The average molecular weight is 297 g/mol. The number of methoxy groups -OCH3 is 1. The molecule has 1 N–H and O–H groups in total. The molecule has 0 aromatic heterocycles. The van der Waals surface area contributed by atoms with Crippen LogP contribution in [0.15, 0.2) is 36.4 Å². The highest BCUT2D eigenvalue weighted by atomic mass is 16.5. The van der Waals surface area contributed by atoms with Crippen LogP contribution in [0.1, 0.15) is 45.6 Å². The molecule has 0 saturated heterocycles. The lowest BCUT2D eigenvalue weighted by atomic mass is 9.99. The summed E-state index contributed by atoms with van der Waals surface area (Å²) in [6, 6.07) is 11.7. The molecule has 0 aliphatic heterocycles. The van der Waals surface area contributed by atoms with Gasteiger partial charge in [0.15, 0.2) is 0 Å². The summed E-state index contributed by atoms with van der Waals surface area (Å²) in [4.78, 5) is 12.4. The third-order valence-corrected chi connectivity index (χ3v) is 3.91. The van der Waals surface area contributed by atoms with E-state index in [1.54, 1.807) is 13.2 Å². The molecule has 2 aromatic rings. The topological polar surface area (TPSA) is 38.3 Å². The van der Waals surface area contributed by atoms with Gasteiger partial charge in [0.05, 0.1) is 13.2 Å². The van der Waals surface area contributed by atoms with Crippen molar-refractivity contribution in [2.75, 3.05) is 7.11 Å². The maximum atomic E-state index is 12.4. The number of carbonyl (C=O) groups is 1. The van der Waals surface area contributed by atoms with Crippen LogP contribution in [0, 0.1) is 20.8 Å². The molecule has 3 heteroatoms. The highest BCUT2D eigenvalue weighted by Crippen LogP contribution is 2.21. The van der Waals surface area contributed by atoms with Gasteiger partial charge in [0.1, 0.15) is 5.75 Å².